The van der Waals surface area contributed by atoms with Gasteiger partial charge in [-0.2, -0.15) is 0 Å². The van der Waals surface area contributed by atoms with E-state index >= 15 is 0 Å². The first-order valence-electron chi connectivity index (χ1n) is 10.5. The summed E-state index contributed by atoms with van der Waals surface area (Å²) in [6.07, 6.45) is 0.792. The number of nitrogens with zero attached hydrogens (tertiary/aromatic N) is 2. The van der Waals surface area contributed by atoms with Gasteiger partial charge in [0.1, 0.15) is 5.75 Å². The second-order valence-corrected chi connectivity index (χ2v) is 8.55. The quantitative estimate of drug-likeness (QED) is 0.283. The Morgan fingerprint density at radius 1 is 1.12 bits per heavy atom. The van der Waals surface area contributed by atoms with E-state index in [1.807, 2.05) is 60.7 Å². The van der Waals surface area contributed by atoms with Gasteiger partial charge in [-0.15, -0.1) is 0 Å². The van der Waals surface area contributed by atoms with E-state index in [2.05, 4.69) is 9.88 Å². The molecule has 0 saturated carbocycles. The number of nitrogens with one attached hydrogen (secondary N) is 1. The van der Waals surface area contributed by atoms with Crippen LogP contribution >= 0.6 is 23.8 Å². The van der Waals surface area contributed by atoms with Crippen molar-refractivity contribution in [2.24, 2.45) is 0 Å². The second kappa shape index (κ2) is 8.84. The van der Waals surface area contributed by atoms with Crippen LogP contribution in [0.2, 0.25) is 5.02 Å². The molecule has 1 atom stereocenters. The Morgan fingerprint density at radius 2 is 1.88 bits per heavy atom. The highest BCUT2D eigenvalue weighted by atomic mass is 35.5. The average Bonchev–Trinajstić information content (AvgIpc) is 3.21. The van der Waals surface area contributed by atoms with Crippen molar-refractivity contribution in [2.75, 3.05) is 13.7 Å². The van der Waals surface area contributed by atoms with E-state index in [4.69, 9.17) is 33.4 Å². The maximum Gasteiger partial charge on any atom is 0.316 e. The minimum atomic E-state index is -0.215. The number of H-pyrrole nitrogens is 1. The number of hydrogen-bond acceptors (Lipinski definition) is 4. The van der Waals surface area contributed by atoms with Crippen LogP contribution in [-0.4, -0.2) is 33.6 Å². The molecule has 1 aromatic heterocycles. The number of ether oxygens (including phenoxy) is 1. The minimum Gasteiger partial charge on any atom is -0.432 e. The molecule has 0 aliphatic carbocycles. The maximum absolute atomic E-state index is 11.8. The van der Waals surface area contributed by atoms with Crippen LogP contribution in [-0.2, 0) is 11.3 Å². The molecule has 33 heavy (non-hydrogen) atoms. The fourth-order valence-corrected chi connectivity index (χ4v) is 4.80. The molecular weight excluding hydrogens is 458 g/mol. The number of aromatic nitrogens is 1. The largest absolute Gasteiger partial charge is 0.432 e. The third-order valence-corrected chi connectivity index (χ3v) is 6.41. The summed E-state index contributed by atoms with van der Waals surface area (Å²) in [6, 6.07) is 22.5. The van der Waals surface area contributed by atoms with Crippen LogP contribution in [0.25, 0.3) is 10.9 Å². The number of benzene rings is 3. The van der Waals surface area contributed by atoms with Crippen LogP contribution in [0, 0.1) is 4.91 Å². The SMILES string of the molecule is CO[N+](=O)c1ccc(C2c3[nH]c4ccc(Cl)cc4c3CCN2C(=S)Oc2ccccc2)cc1. The van der Waals surface area contributed by atoms with Crippen molar-refractivity contribution in [3.05, 3.63) is 99.5 Å². The number of hydrogen-bond donors (Lipinski definition) is 1. The summed E-state index contributed by atoms with van der Waals surface area (Å²) in [6.45, 7) is 0.677. The number of aromatic amines is 1. The number of fused-ring (bicyclic) bond motifs is 3. The summed E-state index contributed by atoms with van der Waals surface area (Å²) in [7, 11) is 1.34. The first kappa shape index (κ1) is 21.4. The highest BCUT2D eigenvalue weighted by Gasteiger charge is 2.34. The molecule has 0 radical (unpaired) electrons. The van der Waals surface area contributed by atoms with Crippen LogP contribution < -0.4 is 4.74 Å². The van der Waals surface area contributed by atoms with Gasteiger partial charge >= 0.3 is 5.69 Å². The molecule has 1 unspecified atom stereocenters. The predicted molar refractivity (Wildman–Crippen MR) is 132 cm³/mol. The Bertz CT molecular complexity index is 1340. The lowest BCUT2D eigenvalue weighted by Gasteiger charge is -2.37. The summed E-state index contributed by atoms with van der Waals surface area (Å²) >= 11 is 12.0. The van der Waals surface area contributed by atoms with E-state index in [9.17, 15) is 4.91 Å². The number of thiocarbonyl (C=S) groups is 1. The van der Waals surface area contributed by atoms with Crippen molar-refractivity contribution in [1.29, 1.82) is 0 Å². The van der Waals surface area contributed by atoms with Crippen LogP contribution in [0.3, 0.4) is 0 Å². The number of halogens is 1. The van der Waals surface area contributed by atoms with Gasteiger partial charge in [0.15, 0.2) is 7.11 Å². The highest BCUT2D eigenvalue weighted by Crippen LogP contribution is 2.40. The molecule has 0 amide bonds. The van der Waals surface area contributed by atoms with Crippen molar-refractivity contribution < 1.29 is 14.5 Å². The smallest absolute Gasteiger partial charge is 0.316 e. The molecule has 1 aliphatic heterocycles. The zero-order chi connectivity index (χ0) is 22.9. The Morgan fingerprint density at radius 3 is 2.61 bits per heavy atom. The van der Waals surface area contributed by atoms with Gasteiger partial charge in [-0.05, 0) is 72.2 Å². The van der Waals surface area contributed by atoms with Gasteiger partial charge in [0.2, 0.25) is 0 Å². The molecule has 1 N–H and O–H groups in total. The molecule has 0 bridgehead atoms. The molecule has 6 nitrogen and oxygen atoms in total. The van der Waals surface area contributed by atoms with Crippen molar-refractivity contribution in [3.8, 4) is 5.75 Å². The lowest BCUT2D eigenvalue weighted by Crippen LogP contribution is -2.42. The topological polar surface area (TPSA) is 57.6 Å². The number of rotatable bonds is 4. The van der Waals surface area contributed by atoms with E-state index in [1.165, 1.54) is 12.7 Å². The van der Waals surface area contributed by atoms with Gasteiger partial charge < -0.3 is 14.6 Å². The Hall–Kier alpha value is -3.42. The van der Waals surface area contributed by atoms with Crippen molar-refractivity contribution in [2.45, 2.75) is 12.5 Å². The van der Waals surface area contributed by atoms with E-state index in [0.717, 1.165) is 28.6 Å². The minimum absolute atomic E-state index is 0.215. The Kier molecular flexibility index (Phi) is 5.74. The van der Waals surface area contributed by atoms with E-state index < -0.39 is 0 Å². The second-order valence-electron chi connectivity index (χ2n) is 7.77. The highest BCUT2D eigenvalue weighted by molar-refractivity contribution is 7.80. The predicted octanol–water partition coefficient (Wildman–Crippen LogP) is 6.10. The van der Waals surface area contributed by atoms with Gasteiger partial charge in [0.25, 0.3) is 10.1 Å². The molecule has 0 saturated heterocycles. The fraction of sp³-hybridized carbons (Fsp3) is 0.160. The third-order valence-electron chi connectivity index (χ3n) is 5.86. The normalized spacial score (nSPS) is 15.2. The van der Waals surface area contributed by atoms with E-state index in [0.29, 0.717) is 33.1 Å². The monoisotopic (exact) mass is 478 g/mol. The van der Waals surface area contributed by atoms with Crippen LogP contribution in [0.1, 0.15) is 22.9 Å². The van der Waals surface area contributed by atoms with Gasteiger partial charge in [0.05, 0.1) is 10.9 Å². The zero-order valence-electron chi connectivity index (χ0n) is 17.8. The summed E-state index contributed by atoms with van der Waals surface area (Å²) in [5, 5.41) is 2.20. The van der Waals surface area contributed by atoms with Gasteiger partial charge in [-0.25, -0.2) is 4.84 Å². The average molecular weight is 479 g/mol. The summed E-state index contributed by atoms with van der Waals surface area (Å²) in [4.78, 5) is 22.7. The first-order chi connectivity index (χ1) is 16.0. The summed E-state index contributed by atoms with van der Waals surface area (Å²) in [5.41, 5.74) is 4.66. The zero-order valence-corrected chi connectivity index (χ0v) is 19.4. The molecule has 0 fully saturated rings. The van der Waals surface area contributed by atoms with Crippen LogP contribution in [0.4, 0.5) is 5.69 Å². The molecule has 4 aromatic rings. The van der Waals surface area contributed by atoms with Gasteiger partial charge in [-0.3, -0.25) is 0 Å². The molecule has 0 spiro atoms. The van der Waals surface area contributed by atoms with Crippen LogP contribution in [0.5, 0.6) is 5.75 Å². The lowest BCUT2D eigenvalue weighted by molar-refractivity contribution is -0.736. The molecule has 166 valence electrons. The molecule has 1 aliphatic rings. The standard InChI is InChI=1S/C25H21ClN3O3S/c1-31-29(30)18-10-7-16(8-11-18)24-23-20(21-15-17(26)9-12-22(21)27-23)13-14-28(24)25(33)32-19-5-3-2-4-6-19/h2-12,15,24,27H,13-14H2,1H3/q+1. The molecular formula is C25H21ClN3O3S+. The molecule has 2 heterocycles. The van der Waals surface area contributed by atoms with Gasteiger partial charge in [0, 0.05) is 40.3 Å². The van der Waals surface area contributed by atoms with E-state index in [-0.39, 0.29) is 6.04 Å². The maximum atomic E-state index is 11.8. The summed E-state index contributed by atoms with van der Waals surface area (Å²) in [5.74, 6) is 0.688. The van der Waals surface area contributed by atoms with Crippen molar-refractivity contribution in [3.63, 3.8) is 0 Å². The first-order valence-corrected chi connectivity index (χ1v) is 11.3. The molecule has 8 heteroatoms. The number of para-hydroxylation sites is 1. The molecule has 5 rings (SSSR count). The van der Waals surface area contributed by atoms with Crippen LogP contribution in [0.15, 0.2) is 72.8 Å². The van der Waals surface area contributed by atoms with Crippen molar-refractivity contribution >= 4 is 45.6 Å². The summed E-state index contributed by atoms with van der Waals surface area (Å²) < 4.78 is 6.04. The van der Waals surface area contributed by atoms with E-state index in [1.54, 1.807) is 12.1 Å². The Balaban J connectivity index is 1.58. The van der Waals surface area contributed by atoms with Gasteiger partial charge in [-0.1, -0.05) is 29.8 Å². The van der Waals surface area contributed by atoms with Crippen molar-refractivity contribution in [1.82, 2.24) is 9.88 Å². The lowest BCUT2D eigenvalue weighted by atomic mass is 9.92. The Labute approximate surface area is 201 Å². The fourth-order valence-electron chi connectivity index (χ4n) is 4.34. The molecule has 3 aromatic carbocycles. The third kappa shape index (κ3) is 4.05.